The summed E-state index contributed by atoms with van der Waals surface area (Å²) in [5.41, 5.74) is 1.94. The standard InChI is InChI=1S/C9H6ClN3O2/c10-9-11-6-4-8-5(1-2-15-8)3-7(6)13(14)12-9/h3-4H,1-2H2. The fraction of sp³-hybridized carbons (Fsp3) is 0.222. The molecule has 0 saturated carbocycles. The van der Waals surface area contributed by atoms with Crippen LogP contribution in [0.1, 0.15) is 5.56 Å². The second kappa shape index (κ2) is 2.93. The van der Waals surface area contributed by atoms with Gasteiger partial charge in [-0.1, -0.05) is 0 Å². The largest absolute Gasteiger partial charge is 0.594 e. The predicted octanol–water partition coefficient (Wildman–Crippen LogP) is 0.851. The number of fused-ring (bicyclic) bond motifs is 2. The van der Waals surface area contributed by atoms with Crippen LogP contribution >= 0.6 is 11.6 Å². The fourth-order valence-electron chi connectivity index (χ4n) is 1.69. The highest BCUT2D eigenvalue weighted by molar-refractivity contribution is 6.28. The third-order valence-electron chi connectivity index (χ3n) is 2.38. The van der Waals surface area contributed by atoms with Crippen molar-refractivity contribution in [1.82, 2.24) is 10.1 Å². The monoisotopic (exact) mass is 223 g/mol. The summed E-state index contributed by atoms with van der Waals surface area (Å²) in [5, 5.41) is 14.9. The summed E-state index contributed by atoms with van der Waals surface area (Å²) < 4.78 is 5.37. The van der Waals surface area contributed by atoms with Crippen molar-refractivity contribution in [3.05, 3.63) is 28.2 Å². The zero-order chi connectivity index (χ0) is 10.4. The van der Waals surface area contributed by atoms with Crippen LogP contribution in [0, 0.1) is 5.21 Å². The Morgan fingerprint density at radius 1 is 1.47 bits per heavy atom. The van der Waals surface area contributed by atoms with Crippen molar-refractivity contribution in [2.24, 2.45) is 0 Å². The molecular formula is C9H6ClN3O2. The van der Waals surface area contributed by atoms with Crippen LogP contribution in [-0.4, -0.2) is 16.7 Å². The molecule has 0 radical (unpaired) electrons. The first kappa shape index (κ1) is 8.67. The van der Waals surface area contributed by atoms with Gasteiger partial charge in [-0.2, -0.15) is 0 Å². The smallest absolute Gasteiger partial charge is 0.290 e. The molecule has 0 bridgehead atoms. The lowest BCUT2D eigenvalue weighted by Gasteiger charge is -2.01. The van der Waals surface area contributed by atoms with Crippen molar-refractivity contribution >= 4 is 22.6 Å². The van der Waals surface area contributed by atoms with Crippen molar-refractivity contribution in [1.29, 1.82) is 0 Å². The van der Waals surface area contributed by atoms with E-state index in [1.165, 1.54) is 0 Å². The Labute approximate surface area is 89.8 Å². The molecule has 0 amide bonds. The summed E-state index contributed by atoms with van der Waals surface area (Å²) in [4.78, 5) is 4.46. The molecule has 0 unspecified atom stereocenters. The molecule has 0 aliphatic carbocycles. The van der Waals surface area contributed by atoms with E-state index in [9.17, 15) is 5.21 Å². The van der Waals surface area contributed by atoms with Gasteiger partial charge in [-0.3, -0.25) is 0 Å². The number of hydrogen-bond donors (Lipinski definition) is 0. The molecule has 2 heterocycles. The molecule has 5 nitrogen and oxygen atoms in total. The summed E-state index contributed by atoms with van der Waals surface area (Å²) in [6.45, 7) is 0.645. The van der Waals surface area contributed by atoms with Crippen LogP contribution < -0.4 is 9.58 Å². The van der Waals surface area contributed by atoms with Gasteiger partial charge >= 0.3 is 0 Å². The number of rotatable bonds is 0. The number of hydrogen-bond acceptors (Lipinski definition) is 4. The molecule has 0 N–H and O–H groups in total. The van der Waals surface area contributed by atoms with E-state index in [4.69, 9.17) is 16.3 Å². The zero-order valence-corrected chi connectivity index (χ0v) is 8.36. The van der Waals surface area contributed by atoms with E-state index in [-0.39, 0.29) is 5.28 Å². The molecule has 76 valence electrons. The fourth-order valence-corrected chi connectivity index (χ4v) is 1.85. The maximum atomic E-state index is 11.4. The quantitative estimate of drug-likeness (QED) is 0.491. The second-order valence-electron chi connectivity index (χ2n) is 3.30. The molecule has 3 rings (SSSR count). The Hall–Kier alpha value is -1.62. The summed E-state index contributed by atoms with van der Waals surface area (Å²) in [6, 6.07) is 3.47. The minimum Gasteiger partial charge on any atom is -0.594 e. The van der Waals surface area contributed by atoms with E-state index in [1.54, 1.807) is 12.1 Å². The highest BCUT2D eigenvalue weighted by atomic mass is 35.5. The van der Waals surface area contributed by atoms with Crippen molar-refractivity contribution in [2.75, 3.05) is 6.61 Å². The van der Waals surface area contributed by atoms with Crippen LogP contribution in [-0.2, 0) is 6.42 Å². The average Bonchev–Trinajstić information content (AvgIpc) is 2.61. The molecule has 15 heavy (non-hydrogen) atoms. The normalized spacial score (nSPS) is 13.9. The summed E-state index contributed by atoms with van der Waals surface area (Å²) >= 11 is 5.59. The molecule has 1 aromatic heterocycles. The lowest BCUT2D eigenvalue weighted by atomic mass is 10.1. The van der Waals surface area contributed by atoms with Crippen LogP contribution in [0.5, 0.6) is 5.75 Å². The van der Waals surface area contributed by atoms with Gasteiger partial charge in [0.15, 0.2) is 0 Å². The van der Waals surface area contributed by atoms with Gasteiger partial charge in [0.1, 0.15) is 11.3 Å². The number of halogens is 1. The average molecular weight is 224 g/mol. The van der Waals surface area contributed by atoms with E-state index in [2.05, 4.69) is 10.1 Å². The molecule has 0 atom stereocenters. The van der Waals surface area contributed by atoms with E-state index < -0.39 is 0 Å². The lowest BCUT2D eigenvalue weighted by molar-refractivity contribution is -0.643. The molecule has 1 aliphatic rings. The van der Waals surface area contributed by atoms with Gasteiger partial charge in [0.2, 0.25) is 0 Å². The van der Waals surface area contributed by atoms with Crippen LogP contribution in [0.3, 0.4) is 0 Å². The Morgan fingerprint density at radius 2 is 2.33 bits per heavy atom. The first-order valence-corrected chi connectivity index (χ1v) is 4.85. The van der Waals surface area contributed by atoms with Crippen molar-refractivity contribution < 1.29 is 9.58 Å². The topological polar surface area (TPSA) is 62.0 Å². The predicted molar refractivity (Wildman–Crippen MR) is 52.7 cm³/mol. The molecule has 1 aromatic carbocycles. The summed E-state index contributed by atoms with van der Waals surface area (Å²) in [6.07, 6.45) is 0.813. The maximum Gasteiger partial charge on any atom is 0.290 e. The van der Waals surface area contributed by atoms with Crippen LogP contribution in [0.2, 0.25) is 5.28 Å². The number of aromatic nitrogens is 3. The summed E-state index contributed by atoms with van der Waals surface area (Å²) in [5.74, 6) is 0.775. The second-order valence-corrected chi connectivity index (χ2v) is 3.64. The van der Waals surface area contributed by atoms with E-state index in [0.717, 1.165) is 17.7 Å². The molecular weight excluding hydrogens is 218 g/mol. The van der Waals surface area contributed by atoms with Crippen molar-refractivity contribution in [2.45, 2.75) is 6.42 Å². The molecule has 1 aliphatic heterocycles. The minimum absolute atomic E-state index is 0.0598. The number of benzene rings is 1. The highest BCUT2D eigenvalue weighted by Gasteiger charge is 2.18. The van der Waals surface area contributed by atoms with Crippen LogP contribution in [0.25, 0.3) is 11.0 Å². The van der Waals surface area contributed by atoms with E-state index in [0.29, 0.717) is 22.5 Å². The molecule has 0 spiro atoms. The SMILES string of the molecule is [O-][n+]1nc(Cl)nc2cc3c(cc21)CCO3. The van der Waals surface area contributed by atoms with Crippen molar-refractivity contribution in [3.8, 4) is 5.75 Å². The molecule has 2 aromatic rings. The van der Waals surface area contributed by atoms with E-state index in [1.807, 2.05) is 0 Å². The van der Waals surface area contributed by atoms with Gasteiger partial charge in [0, 0.05) is 29.2 Å². The van der Waals surface area contributed by atoms with Gasteiger partial charge in [0.25, 0.3) is 10.8 Å². The first-order chi connectivity index (χ1) is 7.24. The Bertz CT molecular complexity index is 559. The van der Waals surface area contributed by atoms with E-state index >= 15 is 0 Å². The molecule has 0 saturated heterocycles. The Kier molecular flexibility index (Phi) is 1.70. The van der Waals surface area contributed by atoms with Crippen LogP contribution in [0.4, 0.5) is 0 Å². The zero-order valence-electron chi connectivity index (χ0n) is 7.61. The third kappa shape index (κ3) is 1.27. The first-order valence-electron chi connectivity index (χ1n) is 4.47. The summed E-state index contributed by atoms with van der Waals surface area (Å²) in [7, 11) is 0. The van der Waals surface area contributed by atoms with Gasteiger partial charge < -0.3 is 9.94 Å². The Morgan fingerprint density at radius 3 is 3.20 bits per heavy atom. The van der Waals surface area contributed by atoms with Gasteiger partial charge in [-0.25, -0.2) is 4.98 Å². The van der Waals surface area contributed by atoms with Gasteiger partial charge in [-0.05, 0) is 16.4 Å². The minimum atomic E-state index is -0.0598. The molecule has 0 fully saturated rings. The van der Waals surface area contributed by atoms with Crippen molar-refractivity contribution in [3.63, 3.8) is 0 Å². The number of ether oxygens (including phenoxy) is 1. The van der Waals surface area contributed by atoms with Gasteiger partial charge in [0.05, 0.1) is 6.61 Å². The Balaban J connectivity index is 2.38. The van der Waals surface area contributed by atoms with Gasteiger partial charge in [-0.15, -0.1) is 0 Å². The van der Waals surface area contributed by atoms with Crippen LogP contribution in [0.15, 0.2) is 12.1 Å². The number of nitrogens with zero attached hydrogens (tertiary/aromatic N) is 3. The maximum absolute atomic E-state index is 11.4. The molecule has 6 heteroatoms. The lowest BCUT2D eigenvalue weighted by Crippen LogP contribution is -2.32. The highest BCUT2D eigenvalue weighted by Crippen LogP contribution is 2.28. The third-order valence-corrected chi connectivity index (χ3v) is 2.54.